The van der Waals surface area contributed by atoms with Crippen molar-refractivity contribution in [2.45, 2.75) is 6.54 Å². The lowest BCUT2D eigenvalue weighted by atomic mass is 9.98. The highest BCUT2D eigenvalue weighted by Gasteiger charge is 2.31. The zero-order valence-corrected chi connectivity index (χ0v) is 14.2. The first-order valence-electron chi connectivity index (χ1n) is 8.14. The number of benzene rings is 2. The summed E-state index contributed by atoms with van der Waals surface area (Å²) in [6.07, 6.45) is 0. The maximum Gasteiger partial charge on any atom is 0.127 e. The lowest BCUT2D eigenvalue weighted by Gasteiger charge is -2.16. The van der Waals surface area contributed by atoms with E-state index < -0.39 is 0 Å². The summed E-state index contributed by atoms with van der Waals surface area (Å²) in [4.78, 5) is 2.27. The van der Waals surface area contributed by atoms with Crippen molar-refractivity contribution in [3.05, 3.63) is 59.1 Å². The first-order chi connectivity index (χ1) is 11.7. The van der Waals surface area contributed by atoms with Gasteiger partial charge in [0.2, 0.25) is 0 Å². The first-order valence-corrected chi connectivity index (χ1v) is 8.52. The zero-order chi connectivity index (χ0) is 16.9. The molecule has 2 aromatic carbocycles. The fourth-order valence-electron chi connectivity index (χ4n) is 3.18. The van der Waals surface area contributed by atoms with E-state index in [0.29, 0.717) is 5.02 Å². The van der Waals surface area contributed by atoms with Crippen LogP contribution >= 0.6 is 11.6 Å². The lowest BCUT2D eigenvalue weighted by molar-refractivity contribution is 0.152. The van der Waals surface area contributed by atoms with Gasteiger partial charge in [-0.15, -0.1) is 0 Å². The van der Waals surface area contributed by atoms with Gasteiger partial charge in [0.05, 0.1) is 0 Å². The molecule has 5 heteroatoms. The molecule has 1 fully saturated rings. The van der Waals surface area contributed by atoms with Crippen LogP contribution in [0, 0.1) is 11.8 Å². The largest absolute Gasteiger partial charge is 0.457 e. The standard InChI is InChI=1S/C19H22ClNO3/c20-17-4-6-18(7-5-17)24-19-3-1-2-14(8-19)9-21-10-15(12-22)16(11-21)13-23/h1-8,15-16,22-23H,9-13H2. The molecule has 1 heterocycles. The molecule has 0 spiro atoms. The fourth-order valence-corrected chi connectivity index (χ4v) is 3.31. The summed E-state index contributed by atoms with van der Waals surface area (Å²) in [6, 6.07) is 15.3. The van der Waals surface area contributed by atoms with Crippen molar-refractivity contribution in [2.24, 2.45) is 11.8 Å². The molecule has 2 atom stereocenters. The summed E-state index contributed by atoms with van der Waals surface area (Å²) >= 11 is 5.89. The van der Waals surface area contributed by atoms with Gasteiger partial charge in [-0.05, 0) is 42.0 Å². The van der Waals surface area contributed by atoms with Crippen molar-refractivity contribution >= 4 is 11.6 Å². The van der Waals surface area contributed by atoms with Crippen molar-refractivity contribution in [3.8, 4) is 11.5 Å². The molecular formula is C19H22ClNO3. The van der Waals surface area contributed by atoms with Crippen molar-refractivity contribution in [2.75, 3.05) is 26.3 Å². The minimum absolute atomic E-state index is 0.126. The SMILES string of the molecule is OCC1CN(Cc2cccc(Oc3ccc(Cl)cc3)c2)CC1CO. The highest BCUT2D eigenvalue weighted by molar-refractivity contribution is 6.30. The summed E-state index contributed by atoms with van der Waals surface area (Å²) in [6.45, 7) is 2.65. The molecule has 1 aliphatic rings. The summed E-state index contributed by atoms with van der Waals surface area (Å²) in [7, 11) is 0. The summed E-state index contributed by atoms with van der Waals surface area (Å²) in [5.74, 6) is 1.84. The molecule has 0 bridgehead atoms. The van der Waals surface area contributed by atoms with Crippen LogP contribution in [0.25, 0.3) is 0 Å². The molecule has 0 aliphatic carbocycles. The number of aliphatic hydroxyl groups is 2. The molecule has 0 radical (unpaired) electrons. The molecule has 4 nitrogen and oxygen atoms in total. The van der Waals surface area contributed by atoms with Crippen LogP contribution < -0.4 is 4.74 Å². The number of halogens is 1. The van der Waals surface area contributed by atoms with Crippen molar-refractivity contribution in [1.82, 2.24) is 4.90 Å². The van der Waals surface area contributed by atoms with Crippen LogP contribution in [0.1, 0.15) is 5.56 Å². The Kier molecular flexibility index (Phi) is 5.74. The Morgan fingerprint density at radius 1 is 0.958 bits per heavy atom. The monoisotopic (exact) mass is 347 g/mol. The van der Waals surface area contributed by atoms with E-state index >= 15 is 0 Å². The third-order valence-corrected chi connectivity index (χ3v) is 4.73. The van der Waals surface area contributed by atoms with Gasteiger partial charge < -0.3 is 14.9 Å². The number of hydrogen-bond acceptors (Lipinski definition) is 4. The van der Waals surface area contributed by atoms with Gasteiger partial charge in [-0.3, -0.25) is 4.90 Å². The highest BCUT2D eigenvalue weighted by atomic mass is 35.5. The van der Waals surface area contributed by atoms with E-state index in [1.807, 2.05) is 30.3 Å². The van der Waals surface area contributed by atoms with Crippen molar-refractivity contribution in [1.29, 1.82) is 0 Å². The Morgan fingerprint density at radius 2 is 1.62 bits per heavy atom. The maximum atomic E-state index is 9.41. The second-order valence-electron chi connectivity index (χ2n) is 6.28. The Labute approximate surface area is 147 Å². The Morgan fingerprint density at radius 3 is 2.25 bits per heavy atom. The summed E-state index contributed by atoms with van der Waals surface area (Å²) in [5, 5.41) is 19.5. The van der Waals surface area contributed by atoms with Crippen LogP contribution in [-0.2, 0) is 6.54 Å². The fraction of sp³-hybridized carbons (Fsp3) is 0.368. The van der Waals surface area contributed by atoms with Gasteiger partial charge in [0.1, 0.15) is 11.5 Å². The molecular weight excluding hydrogens is 326 g/mol. The third-order valence-electron chi connectivity index (χ3n) is 4.48. The lowest BCUT2D eigenvalue weighted by Crippen LogP contribution is -2.21. The minimum Gasteiger partial charge on any atom is -0.457 e. The average Bonchev–Trinajstić information content (AvgIpc) is 2.99. The van der Waals surface area contributed by atoms with Crippen LogP contribution in [0.5, 0.6) is 11.5 Å². The molecule has 0 aromatic heterocycles. The number of likely N-dealkylation sites (tertiary alicyclic amines) is 1. The number of aliphatic hydroxyl groups excluding tert-OH is 2. The predicted molar refractivity (Wildman–Crippen MR) is 94.4 cm³/mol. The van der Waals surface area contributed by atoms with Crippen LogP contribution in [0.2, 0.25) is 5.02 Å². The van der Waals surface area contributed by atoms with Gasteiger partial charge in [0.25, 0.3) is 0 Å². The van der Waals surface area contributed by atoms with E-state index in [9.17, 15) is 10.2 Å². The highest BCUT2D eigenvalue weighted by Crippen LogP contribution is 2.27. The number of hydrogen-bond donors (Lipinski definition) is 2. The van der Waals surface area contributed by atoms with E-state index in [1.165, 1.54) is 0 Å². The maximum absolute atomic E-state index is 9.41. The van der Waals surface area contributed by atoms with Crippen LogP contribution in [0.4, 0.5) is 0 Å². The Balaban J connectivity index is 1.64. The molecule has 24 heavy (non-hydrogen) atoms. The molecule has 0 amide bonds. The van der Waals surface area contributed by atoms with Crippen molar-refractivity contribution < 1.29 is 14.9 Å². The van der Waals surface area contributed by atoms with Gasteiger partial charge >= 0.3 is 0 Å². The van der Waals surface area contributed by atoms with E-state index in [0.717, 1.165) is 36.7 Å². The van der Waals surface area contributed by atoms with E-state index in [4.69, 9.17) is 16.3 Å². The van der Waals surface area contributed by atoms with Crippen LogP contribution in [-0.4, -0.2) is 41.4 Å². The third kappa shape index (κ3) is 4.28. The number of ether oxygens (including phenoxy) is 1. The number of nitrogens with zero attached hydrogens (tertiary/aromatic N) is 1. The first kappa shape index (κ1) is 17.2. The summed E-state index contributed by atoms with van der Waals surface area (Å²) in [5.41, 5.74) is 1.15. The molecule has 3 rings (SSSR count). The molecule has 0 saturated carbocycles. The van der Waals surface area contributed by atoms with Gasteiger partial charge in [-0.25, -0.2) is 0 Å². The molecule has 128 valence electrons. The quantitative estimate of drug-likeness (QED) is 0.842. The van der Waals surface area contributed by atoms with E-state index in [2.05, 4.69) is 11.0 Å². The van der Waals surface area contributed by atoms with Gasteiger partial charge in [0.15, 0.2) is 0 Å². The topological polar surface area (TPSA) is 52.9 Å². The van der Waals surface area contributed by atoms with Gasteiger partial charge in [0, 0.05) is 49.7 Å². The van der Waals surface area contributed by atoms with Crippen LogP contribution in [0.3, 0.4) is 0 Å². The predicted octanol–water partition coefficient (Wildman–Crippen LogP) is 3.16. The number of rotatable bonds is 6. The van der Waals surface area contributed by atoms with Crippen LogP contribution in [0.15, 0.2) is 48.5 Å². The molecule has 1 aliphatic heterocycles. The normalized spacial score (nSPS) is 21.1. The van der Waals surface area contributed by atoms with E-state index in [1.54, 1.807) is 12.1 Å². The Hall–Kier alpha value is -1.59. The second kappa shape index (κ2) is 7.99. The molecule has 2 aromatic rings. The minimum atomic E-state index is 0.126. The molecule has 1 saturated heterocycles. The van der Waals surface area contributed by atoms with Gasteiger partial charge in [-0.1, -0.05) is 23.7 Å². The Bertz CT molecular complexity index is 650. The van der Waals surface area contributed by atoms with Crippen molar-refractivity contribution in [3.63, 3.8) is 0 Å². The smallest absolute Gasteiger partial charge is 0.127 e. The molecule has 2 unspecified atom stereocenters. The van der Waals surface area contributed by atoms with Gasteiger partial charge in [-0.2, -0.15) is 0 Å². The second-order valence-corrected chi connectivity index (χ2v) is 6.72. The average molecular weight is 348 g/mol. The zero-order valence-electron chi connectivity index (χ0n) is 13.4. The molecule has 2 N–H and O–H groups in total. The van der Waals surface area contributed by atoms with E-state index in [-0.39, 0.29) is 25.0 Å². The summed E-state index contributed by atoms with van der Waals surface area (Å²) < 4.78 is 5.87.